The average Bonchev–Trinajstić information content (AvgIpc) is 2.81. The molecular formula is C14H15NO4. The molecule has 1 aromatic carbocycles. The molecular weight excluding hydrogens is 246 g/mol. The van der Waals surface area contributed by atoms with Crippen LogP contribution in [-0.4, -0.2) is 22.8 Å². The predicted octanol–water partition coefficient (Wildman–Crippen LogP) is 2.37. The van der Waals surface area contributed by atoms with Crippen LogP contribution in [0.2, 0.25) is 0 Å². The number of nitrogens with zero attached hydrogens (tertiary/aromatic N) is 1. The van der Waals surface area contributed by atoms with Crippen LogP contribution in [0, 0.1) is 0 Å². The van der Waals surface area contributed by atoms with Crippen molar-refractivity contribution in [3.8, 4) is 5.75 Å². The van der Waals surface area contributed by atoms with Crippen LogP contribution in [0.1, 0.15) is 16.1 Å². The Bertz CT molecular complexity index is 548. The highest BCUT2D eigenvalue weighted by Crippen LogP contribution is 2.16. The number of carboxylic acid groups (broad SMARTS) is 1. The zero-order valence-corrected chi connectivity index (χ0v) is 10.6. The van der Waals surface area contributed by atoms with Crippen LogP contribution < -0.4 is 4.74 Å². The molecule has 0 bridgehead atoms. The molecule has 2 aromatic rings. The summed E-state index contributed by atoms with van der Waals surface area (Å²) in [7, 11) is 1.56. The standard InChI is InChI=1S/C14H15NO4/c1-18-10-15-8-7-12(14(16)17)13(15)9-19-11-5-3-2-4-6-11/h2-8H,9-10H2,1H3,(H,16,17). The fourth-order valence-electron chi connectivity index (χ4n) is 1.79. The molecule has 5 heteroatoms. The van der Waals surface area contributed by atoms with E-state index in [9.17, 15) is 4.79 Å². The summed E-state index contributed by atoms with van der Waals surface area (Å²) in [5, 5.41) is 9.13. The number of hydrogen-bond donors (Lipinski definition) is 1. The Hall–Kier alpha value is -2.27. The first-order chi connectivity index (χ1) is 9.22. The van der Waals surface area contributed by atoms with E-state index >= 15 is 0 Å². The largest absolute Gasteiger partial charge is 0.487 e. The molecule has 0 spiro atoms. The monoisotopic (exact) mass is 261 g/mol. The van der Waals surface area contributed by atoms with Gasteiger partial charge in [0.2, 0.25) is 0 Å². The Morgan fingerprint density at radius 3 is 2.63 bits per heavy atom. The molecule has 0 unspecified atom stereocenters. The van der Waals surface area contributed by atoms with Gasteiger partial charge in [-0.25, -0.2) is 4.79 Å². The average molecular weight is 261 g/mol. The van der Waals surface area contributed by atoms with Crippen molar-refractivity contribution in [1.29, 1.82) is 0 Å². The summed E-state index contributed by atoms with van der Waals surface area (Å²) in [5.41, 5.74) is 0.811. The Labute approximate surface area is 111 Å². The number of para-hydroxylation sites is 1. The van der Waals surface area contributed by atoms with E-state index in [1.807, 2.05) is 30.3 Å². The Morgan fingerprint density at radius 1 is 1.26 bits per heavy atom. The van der Waals surface area contributed by atoms with Crippen LogP contribution in [0.25, 0.3) is 0 Å². The molecule has 0 fully saturated rings. The summed E-state index contributed by atoms with van der Waals surface area (Å²) in [6.45, 7) is 0.475. The van der Waals surface area contributed by atoms with Crippen molar-refractivity contribution in [1.82, 2.24) is 4.57 Å². The number of ether oxygens (including phenoxy) is 2. The molecule has 0 aliphatic carbocycles. The minimum Gasteiger partial charge on any atom is -0.487 e. The van der Waals surface area contributed by atoms with Crippen molar-refractivity contribution in [2.24, 2.45) is 0 Å². The summed E-state index contributed by atoms with van der Waals surface area (Å²) in [6, 6.07) is 10.8. The van der Waals surface area contributed by atoms with E-state index in [0.29, 0.717) is 18.2 Å². The highest BCUT2D eigenvalue weighted by Gasteiger charge is 2.15. The summed E-state index contributed by atoms with van der Waals surface area (Å²) >= 11 is 0. The van der Waals surface area contributed by atoms with Crippen molar-refractivity contribution < 1.29 is 19.4 Å². The normalized spacial score (nSPS) is 10.4. The van der Waals surface area contributed by atoms with E-state index < -0.39 is 5.97 Å². The van der Waals surface area contributed by atoms with Gasteiger partial charge in [0.1, 0.15) is 19.1 Å². The van der Waals surface area contributed by atoms with E-state index in [0.717, 1.165) is 0 Å². The molecule has 0 aliphatic heterocycles. The number of aromatic nitrogens is 1. The second-order valence-corrected chi connectivity index (χ2v) is 3.97. The topological polar surface area (TPSA) is 60.7 Å². The van der Waals surface area contributed by atoms with Gasteiger partial charge in [-0.3, -0.25) is 0 Å². The maximum absolute atomic E-state index is 11.1. The summed E-state index contributed by atoms with van der Waals surface area (Å²) in [4.78, 5) is 11.1. The van der Waals surface area contributed by atoms with Gasteiger partial charge in [-0.05, 0) is 18.2 Å². The lowest BCUT2D eigenvalue weighted by atomic mass is 10.2. The molecule has 0 aliphatic rings. The first kappa shape index (κ1) is 13.2. The van der Waals surface area contributed by atoms with Gasteiger partial charge < -0.3 is 19.1 Å². The predicted molar refractivity (Wildman–Crippen MR) is 69.2 cm³/mol. The van der Waals surface area contributed by atoms with Gasteiger partial charge in [0, 0.05) is 13.3 Å². The second-order valence-electron chi connectivity index (χ2n) is 3.97. The molecule has 0 saturated heterocycles. The quantitative estimate of drug-likeness (QED) is 0.867. The molecule has 1 N–H and O–H groups in total. The molecule has 0 atom stereocenters. The Kier molecular flexibility index (Phi) is 4.20. The SMILES string of the molecule is COCn1ccc(C(=O)O)c1COc1ccccc1. The highest BCUT2D eigenvalue weighted by molar-refractivity contribution is 5.89. The molecule has 0 radical (unpaired) electrons. The van der Waals surface area contributed by atoms with Crippen LogP contribution in [0.15, 0.2) is 42.6 Å². The lowest BCUT2D eigenvalue weighted by molar-refractivity contribution is 0.0691. The molecule has 1 aromatic heterocycles. The smallest absolute Gasteiger partial charge is 0.337 e. The third-order valence-corrected chi connectivity index (χ3v) is 2.70. The number of rotatable bonds is 6. The van der Waals surface area contributed by atoms with Gasteiger partial charge in [0.25, 0.3) is 0 Å². The molecule has 1 heterocycles. The highest BCUT2D eigenvalue weighted by atomic mass is 16.5. The van der Waals surface area contributed by atoms with E-state index in [1.54, 1.807) is 23.9 Å². The number of benzene rings is 1. The first-order valence-corrected chi connectivity index (χ1v) is 5.80. The zero-order chi connectivity index (χ0) is 13.7. The van der Waals surface area contributed by atoms with Gasteiger partial charge in [-0.15, -0.1) is 0 Å². The molecule has 19 heavy (non-hydrogen) atoms. The molecule has 0 saturated carbocycles. The lowest BCUT2D eigenvalue weighted by Crippen LogP contribution is -2.11. The maximum atomic E-state index is 11.1. The van der Waals surface area contributed by atoms with Crippen LogP contribution in [0.5, 0.6) is 5.75 Å². The second kappa shape index (κ2) is 6.06. The number of methoxy groups -OCH3 is 1. The van der Waals surface area contributed by atoms with Crippen molar-refractivity contribution >= 4 is 5.97 Å². The number of hydrogen-bond acceptors (Lipinski definition) is 3. The van der Waals surface area contributed by atoms with Crippen LogP contribution in [-0.2, 0) is 18.1 Å². The van der Waals surface area contributed by atoms with E-state index in [4.69, 9.17) is 14.6 Å². The molecule has 0 amide bonds. The van der Waals surface area contributed by atoms with Crippen molar-refractivity contribution in [3.05, 3.63) is 53.9 Å². The van der Waals surface area contributed by atoms with Crippen LogP contribution >= 0.6 is 0 Å². The molecule has 100 valence electrons. The summed E-state index contributed by atoms with van der Waals surface area (Å²) in [5.74, 6) is -0.273. The fourth-order valence-corrected chi connectivity index (χ4v) is 1.79. The third-order valence-electron chi connectivity index (χ3n) is 2.70. The minimum absolute atomic E-state index is 0.183. The van der Waals surface area contributed by atoms with E-state index in [1.165, 1.54) is 0 Å². The molecule has 5 nitrogen and oxygen atoms in total. The van der Waals surface area contributed by atoms with Gasteiger partial charge >= 0.3 is 5.97 Å². The van der Waals surface area contributed by atoms with Crippen molar-refractivity contribution in [2.45, 2.75) is 13.3 Å². The van der Waals surface area contributed by atoms with Crippen LogP contribution in [0.3, 0.4) is 0 Å². The lowest BCUT2D eigenvalue weighted by Gasteiger charge is -2.11. The van der Waals surface area contributed by atoms with Crippen molar-refractivity contribution in [3.63, 3.8) is 0 Å². The molecule has 2 rings (SSSR count). The summed E-state index contributed by atoms with van der Waals surface area (Å²) in [6.07, 6.45) is 1.68. The zero-order valence-electron chi connectivity index (χ0n) is 10.6. The van der Waals surface area contributed by atoms with Crippen molar-refractivity contribution in [2.75, 3.05) is 7.11 Å². The minimum atomic E-state index is -0.971. The van der Waals surface area contributed by atoms with Gasteiger partial charge in [-0.2, -0.15) is 0 Å². The Morgan fingerprint density at radius 2 is 2.00 bits per heavy atom. The fraction of sp³-hybridized carbons (Fsp3) is 0.214. The third kappa shape index (κ3) is 3.14. The van der Waals surface area contributed by atoms with Gasteiger partial charge in [0.05, 0.1) is 11.3 Å². The van der Waals surface area contributed by atoms with E-state index in [2.05, 4.69) is 0 Å². The number of carbonyl (C=O) groups is 1. The summed E-state index contributed by atoms with van der Waals surface area (Å²) < 4.78 is 12.3. The van der Waals surface area contributed by atoms with E-state index in [-0.39, 0.29) is 12.2 Å². The number of aromatic carboxylic acids is 1. The number of carboxylic acids is 1. The Balaban J connectivity index is 2.17. The van der Waals surface area contributed by atoms with Gasteiger partial charge in [0.15, 0.2) is 0 Å². The van der Waals surface area contributed by atoms with Gasteiger partial charge in [-0.1, -0.05) is 18.2 Å². The maximum Gasteiger partial charge on any atom is 0.337 e. The van der Waals surface area contributed by atoms with Crippen LogP contribution in [0.4, 0.5) is 0 Å². The first-order valence-electron chi connectivity index (χ1n) is 5.80.